The Labute approximate surface area is 152 Å². The number of hydrogen-bond acceptors (Lipinski definition) is 3. The Kier molecular flexibility index (Phi) is 4.44. The molecule has 0 fully saturated rings. The van der Waals surface area contributed by atoms with Crippen molar-refractivity contribution in [3.63, 3.8) is 0 Å². The van der Waals surface area contributed by atoms with Gasteiger partial charge in [0, 0.05) is 36.6 Å². The number of nitrogens with one attached hydrogen (secondary N) is 1. The highest BCUT2D eigenvalue weighted by Crippen LogP contribution is 2.28. The van der Waals surface area contributed by atoms with Crippen molar-refractivity contribution in [1.82, 2.24) is 14.9 Å². The van der Waals surface area contributed by atoms with E-state index in [0.717, 1.165) is 40.9 Å². The Balaban J connectivity index is 1.48. The molecule has 1 aromatic carbocycles. The third-order valence-corrected chi connectivity index (χ3v) is 4.88. The molecule has 2 aromatic heterocycles. The summed E-state index contributed by atoms with van der Waals surface area (Å²) in [5, 5.41) is 0. The minimum Gasteiger partial charge on any atom is -0.496 e. The van der Waals surface area contributed by atoms with Gasteiger partial charge in [0.15, 0.2) is 0 Å². The van der Waals surface area contributed by atoms with Gasteiger partial charge in [0.2, 0.25) is 5.91 Å². The predicted octanol–water partition coefficient (Wildman–Crippen LogP) is 3.43. The number of carbonyl (C=O) groups excluding carboxylic acids is 1. The van der Waals surface area contributed by atoms with E-state index in [1.54, 1.807) is 7.11 Å². The first-order valence-corrected chi connectivity index (χ1v) is 8.77. The average Bonchev–Trinajstić information content (AvgIpc) is 3.12. The third-order valence-electron chi connectivity index (χ3n) is 4.88. The van der Waals surface area contributed by atoms with Crippen molar-refractivity contribution in [1.29, 1.82) is 0 Å². The van der Waals surface area contributed by atoms with Crippen molar-refractivity contribution in [2.75, 3.05) is 20.2 Å². The summed E-state index contributed by atoms with van der Waals surface area (Å²) in [7, 11) is 1.63. The van der Waals surface area contributed by atoms with E-state index in [1.807, 2.05) is 53.7 Å². The third kappa shape index (κ3) is 3.08. The maximum absolute atomic E-state index is 12.7. The number of carbonyl (C=O) groups is 1. The largest absolute Gasteiger partial charge is 0.496 e. The quantitative estimate of drug-likeness (QED) is 0.787. The van der Waals surface area contributed by atoms with Crippen molar-refractivity contribution >= 4 is 22.5 Å². The number of ether oxygens (including phenoxy) is 1. The number of H-pyrrole nitrogens is 1. The Morgan fingerprint density at radius 1 is 1.27 bits per heavy atom. The number of nitrogens with zero attached hydrogens (tertiary/aromatic N) is 2. The first kappa shape index (κ1) is 16.4. The van der Waals surface area contributed by atoms with E-state index in [-0.39, 0.29) is 5.91 Å². The number of pyridine rings is 1. The van der Waals surface area contributed by atoms with Gasteiger partial charge in [-0.25, -0.2) is 0 Å². The van der Waals surface area contributed by atoms with Crippen molar-refractivity contribution in [2.24, 2.45) is 0 Å². The summed E-state index contributed by atoms with van der Waals surface area (Å²) in [6, 6.07) is 11.6. The topological polar surface area (TPSA) is 58.2 Å². The van der Waals surface area contributed by atoms with Gasteiger partial charge in [0.1, 0.15) is 5.75 Å². The summed E-state index contributed by atoms with van der Waals surface area (Å²) >= 11 is 0. The zero-order valence-electron chi connectivity index (χ0n) is 14.7. The van der Waals surface area contributed by atoms with Gasteiger partial charge in [-0.2, -0.15) is 0 Å². The number of aromatic amines is 1. The molecule has 0 saturated carbocycles. The van der Waals surface area contributed by atoms with Gasteiger partial charge in [-0.05, 0) is 30.2 Å². The Morgan fingerprint density at radius 3 is 2.96 bits per heavy atom. The molecule has 0 radical (unpaired) electrons. The molecule has 1 aliphatic rings. The molecule has 3 aromatic rings. The average molecular weight is 347 g/mol. The van der Waals surface area contributed by atoms with Crippen LogP contribution in [0.25, 0.3) is 16.6 Å². The van der Waals surface area contributed by atoms with E-state index in [9.17, 15) is 4.79 Å². The van der Waals surface area contributed by atoms with E-state index in [4.69, 9.17) is 4.74 Å². The standard InChI is InChI=1S/C21H21N3O2/c1-26-19-7-3-2-5-16(19)13-20(25)24-11-8-15(9-12-24)17-14-23-18-6-4-10-22-21(17)18/h2-8,10,14,23H,9,11-13H2,1H3. The first-order valence-electron chi connectivity index (χ1n) is 8.77. The number of fused-ring (bicyclic) bond motifs is 1. The van der Waals surface area contributed by atoms with Crippen LogP contribution in [-0.4, -0.2) is 41.0 Å². The second kappa shape index (κ2) is 7.04. The van der Waals surface area contributed by atoms with Crippen LogP contribution in [0.15, 0.2) is 54.9 Å². The van der Waals surface area contributed by atoms with Crippen LogP contribution in [0.5, 0.6) is 5.75 Å². The fourth-order valence-electron chi connectivity index (χ4n) is 3.46. The van der Waals surface area contributed by atoms with Crippen molar-refractivity contribution in [3.05, 3.63) is 66.0 Å². The fourth-order valence-corrected chi connectivity index (χ4v) is 3.46. The molecule has 0 atom stereocenters. The maximum atomic E-state index is 12.7. The lowest BCUT2D eigenvalue weighted by atomic mass is 10.0. The smallest absolute Gasteiger partial charge is 0.227 e. The molecule has 5 nitrogen and oxygen atoms in total. The summed E-state index contributed by atoms with van der Waals surface area (Å²) in [6.07, 6.45) is 7.16. The summed E-state index contributed by atoms with van der Waals surface area (Å²) in [5.74, 6) is 0.890. The lowest BCUT2D eigenvalue weighted by molar-refractivity contribution is -0.130. The summed E-state index contributed by atoms with van der Waals surface area (Å²) in [4.78, 5) is 22.3. The minimum absolute atomic E-state index is 0.127. The van der Waals surface area contributed by atoms with Gasteiger partial charge >= 0.3 is 0 Å². The molecule has 4 rings (SSSR count). The molecule has 0 unspecified atom stereocenters. The van der Waals surface area contributed by atoms with Crippen LogP contribution in [0.1, 0.15) is 17.5 Å². The van der Waals surface area contributed by atoms with Crippen LogP contribution in [-0.2, 0) is 11.2 Å². The monoisotopic (exact) mass is 347 g/mol. The lowest BCUT2D eigenvalue weighted by Gasteiger charge is -2.26. The molecule has 0 aliphatic carbocycles. The maximum Gasteiger partial charge on any atom is 0.227 e. The number of rotatable bonds is 4. The van der Waals surface area contributed by atoms with Crippen LogP contribution in [0, 0.1) is 0 Å². The fraction of sp³-hybridized carbons (Fsp3) is 0.238. The predicted molar refractivity (Wildman–Crippen MR) is 102 cm³/mol. The second-order valence-electron chi connectivity index (χ2n) is 6.41. The highest BCUT2D eigenvalue weighted by molar-refractivity contribution is 5.90. The Bertz CT molecular complexity index is 974. The van der Waals surface area contributed by atoms with Gasteiger partial charge in [-0.1, -0.05) is 24.3 Å². The number of amides is 1. The SMILES string of the molecule is COc1ccccc1CC(=O)N1CC=C(c2c[nH]c3cccnc23)CC1. The van der Waals surface area contributed by atoms with E-state index in [1.165, 1.54) is 5.57 Å². The Hall–Kier alpha value is -3.08. The van der Waals surface area contributed by atoms with Gasteiger partial charge in [0.25, 0.3) is 0 Å². The number of hydrogen-bond donors (Lipinski definition) is 1. The molecule has 0 saturated heterocycles. The van der Waals surface area contributed by atoms with E-state index >= 15 is 0 Å². The number of benzene rings is 1. The van der Waals surface area contributed by atoms with Crippen LogP contribution >= 0.6 is 0 Å². The van der Waals surface area contributed by atoms with Crippen molar-refractivity contribution < 1.29 is 9.53 Å². The summed E-state index contributed by atoms with van der Waals surface area (Å²) in [6.45, 7) is 1.35. The first-order chi connectivity index (χ1) is 12.8. The molecule has 132 valence electrons. The van der Waals surface area contributed by atoms with Crippen molar-refractivity contribution in [2.45, 2.75) is 12.8 Å². The molecule has 26 heavy (non-hydrogen) atoms. The van der Waals surface area contributed by atoms with Gasteiger partial charge < -0.3 is 14.6 Å². The highest BCUT2D eigenvalue weighted by Gasteiger charge is 2.20. The molecule has 0 spiro atoms. The molecule has 1 N–H and O–H groups in total. The van der Waals surface area contributed by atoms with Crippen LogP contribution in [0.4, 0.5) is 0 Å². The lowest BCUT2D eigenvalue weighted by Crippen LogP contribution is -2.35. The van der Waals surface area contributed by atoms with E-state index < -0.39 is 0 Å². The number of para-hydroxylation sites is 1. The van der Waals surface area contributed by atoms with Crippen LogP contribution in [0.3, 0.4) is 0 Å². The van der Waals surface area contributed by atoms with Gasteiger partial charge in [-0.3, -0.25) is 9.78 Å². The molecular formula is C21H21N3O2. The number of aromatic nitrogens is 2. The van der Waals surface area contributed by atoms with Gasteiger partial charge in [0.05, 0.1) is 24.6 Å². The molecule has 1 aliphatic heterocycles. The molecular weight excluding hydrogens is 326 g/mol. The zero-order chi connectivity index (χ0) is 17.9. The van der Waals surface area contributed by atoms with Gasteiger partial charge in [-0.15, -0.1) is 0 Å². The summed E-state index contributed by atoms with van der Waals surface area (Å²) < 4.78 is 5.35. The van der Waals surface area contributed by atoms with Crippen molar-refractivity contribution in [3.8, 4) is 5.75 Å². The van der Waals surface area contributed by atoms with E-state index in [0.29, 0.717) is 13.0 Å². The summed E-state index contributed by atoms with van der Waals surface area (Å²) in [5.41, 5.74) is 5.34. The minimum atomic E-state index is 0.127. The molecule has 3 heterocycles. The van der Waals surface area contributed by atoms with Crippen LogP contribution in [0.2, 0.25) is 0 Å². The normalized spacial score (nSPS) is 14.3. The number of methoxy groups -OCH3 is 1. The second-order valence-corrected chi connectivity index (χ2v) is 6.41. The highest BCUT2D eigenvalue weighted by atomic mass is 16.5. The zero-order valence-corrected chi connectivity index (χ0v) is 14.7. The molecule has 0 bridgehead atoms. The molecule has 1 amide bonds. The Morgan fingerprint density at radius 2 is 2.15 bits per heavy atom. The molecule has 5 heteroatoms. The van der Waals surface area contributed by atoms with E-state index in [2.05, 4.69) is 16.0 Å². The van der Waals surface area contributed by atoms with Crippen LogP contribution < -0.4 is 4.74 Å².